The number of pyridine rings is 1. The van der Waals surface area contributed by atoms with E-state index in [1.165, 1.54) is 13.0 Å². The van der Waals surface area contributed by atoms with Gasteiger partial charge in [0.05, 0.1) is 11.3 Å². The van der Waals surface area contributed by atoms with E-state index in [0.717, 1.165) is 12.4 Å². The first-order chi connectivity index (χ1) is 14.8. The minimum atomic E-state index is -3.15. The van der Waals surface area contributed by atoms with Crippen LogP contribution in [-0.4, -0.2) is 53.6 Å². The van der Waals surface area contributed by atoms with Crippen molar-refractivity contribution in [3.63, 3.8) is 0 Å². The molecule has 2 N–H and O–H groups in total. The van der Waals surface area contributed by atoms with Crippen molar-refractivity contribution in [2.75, 3.05) is 36.4 Å². The number of hydrogen-bond donors (Lipinski definition) is 2. The van der Waals surface area contributed by atoms with E-state index >= 15 is 0 Å². The van der Waals surface area contributed by atoms with Crippen LogP contribution in [0.3, 0.4) is 0 Å². The van der Waals surface area contributed by atoms with Crippen molar-refractivity contribution in [2.45, 2.75) is 31.8 Å². The van der Waals surface area contributed by atoms with Gasteiger partial charge in [-0.2, -0.15) is 0 Å². The maximum Gasteiger partial charge on any atom is 0.413 e. The molecule has 2 aliphatic rings. The summed E-state index contributed by atoms with van der Waals surface area (Å²) < 4.78 is 61.3. The summed E-state index contributed by atoms with van der Waals surface area (Å²) in [6.07, 6.45) is -5.48. The van der Waals surface area contributed by atoms with Crippen molar-refractivity contribution < 1.29 is 27.1 Å². The summed E-state index contributed by atoms with van der Waals surface area (Å²) in [5.41, 5.74) is -0.619. The van der Waals surface area contributed by atoms with Gasteiger partial charge in [-0.25, -0.2) is 37.3 Å². The standard InChI is InChI=1S/C19H20F4N6O2/c1-2-19(22,23)10-7-11(27-12(8-10)29-5-3-24-4-6-29)14-13-15(16(20)21)31-18(30)28-17(13)26-9-25-14/h7-9,15-16,24H,2-6H2,1H3,(H,25,26,28,30)/t15-/m1/s1. The summed E-state index contributed by atoms with van der Waals surface area (Å²) >= 11 is 0. The molecule has 2 aromatic heterocycles. The molecule has 0 aliphatic carbocycles. The third kappa shape index (κ3) is 4.11. The Labute approximate surface area is 175 Å². The van der Waals surface area contributed by atoms with Crippen molar-refractivity contribution in [3.8, 4) is 11.4 Å². The highest BCUT2D eigenvalue weighted by Gasteiger charge is 2.38. The first kappa shape index (κ1) is 21.2. The van der Waals surface area contributed by atoms with Crippen LogP contribution in [0.4, 0.5) is 34.0 Å². The highest BCUT2D eigenvalue weighted by molar-refractivity contribution is 5.88. The van der Waals surface area contributed by atoms with Gasteiger partial charge in [0.2, 0.25) is 0 Å². The van der Waals surface area contributed by atoms with Crippen LogP contribution >= 0.6 is 0 Å². The van der Waals surface area contributed by atoms with E-state index in [2.05, 4.69) is 25.6 Å². The predicted octanol–water partition coefficient (Wildman–Crippen LogP) is 3.32. The molecule has 8 nitrogen and oxygen atoms in total. The van der Waals surface area contributed by atoms with Crippen molar-refractivity contribution in [1.82, 2.24) is 20.3 Å². The zero-order valence-electron chi connectivity index (χ0n) is 16.5. The van der Waals surface area contributed by atoms with E-state index in [-0.39, 0.29) is 28.3 Å². The molecule has 166 valence electrons. The Morgan fingerprint density at radius 3 is 2.68 bits per heavy atom. The van der Waals surface area contributed by atoms with Gasteiger partial charge in [-0.05, 0) is 12.1 Å². The molecule has 1 amide bonds. The van der Waals surface area contributed by atoms with E-state index in [9.17, 15) is 22.4 Å². The van der Waals surface area contributed by atoms with E-state index in [4.69, 9.17) is 4.74 Å². The average molecular weight is 440 g/mol. The monoisotopic (exact) mass is 440 g/mol. The Morgan fingerprint density at radius 2 is 2.00 bits per heavy atom. The number of nitrogens with one attached hydrogen (secondary N) is 2. The third-order valence-corrected chi connectivity index (χ3v) is 5.21. The van der Waals surface area contributed by atoms with Gasteiger partial charge in [-0.3, -0.25) is 5.32 Å². The third-order valence-electron chi connectivity index (χ3n) is 5.21. The number of amides is 1. The largest absolute Gasteiger partial charge is 0.435 e. The molecule has 1 atom stereocenters. The minimum absolute atomic E-state index is 0.0248. The number of carbonyl (C=O) groups excluding carboxylic acids is 1. The lowest BCUT2D eigenvalue weighted by molar-refractivity contribution is -0.0170. The predicted molar refractivity (Wildman–Crippen MR) is 103 cm³/mol. The molecular formula is C19H20F4N6O2. The number of alkyl halides is 4. The second-order valence-electron chi connectivity index (χ2n) is 7.16. The normalized spacial score (nSPS) is 19.1. The van der Waals surface area contributed by atoms with Crippen LogP contribution in [0.1, 0.15) is 30.6 Å². The number of nitrogens with zero attached hydrogens (tertiary/aromatic N) is 4. The molecule has 0 aromatic carbocycles. The highest BCUT2D eigenvalue weighted by atomic mass is 19.3. The SMILES string of the molecule is CCC(F)(F)c1cc(-c2ncnc3c2[C@H](C(F)F)OC(=O)N3)nc(N2CCNCC2)c1. The van der Waals surface area contributed by atoms with Gasteiger partial charge < -0.3 is 15.0 Å². The molecule has 2 aliphatic heterocycles. The van der Waals surface area contributed by atoms with Crippen molar-refractivity contribution in [1.29, 1.82) is 0 Å². The first-order valence-corrected chi connectivity index (χ1v) is 9.77. The van der Waals surface area contributed by atoms with E-state index in [1.54, 1.807) is 0 Å². The molecule has 0 unspecified atom stereocenters. The second kappa shape index (κ2) is 8.25. The molecule has 0 saturated carbocycles. The van der Waals surface area contributed by atoms with Crippen LogP contribution < -0.4 is 15.5 Å². The summed E-state index contributed by atoms with van der Waals surface area (Å²) in [7, 11) is 0. The number of anilines is 2. The fourth-order valence-electron chi connectivity index (χ4n) is 3.56. The maximum atomic E-state index is 14.6. The molecular weight excluding hydrogens is 420 g/mol. The molecule has 4 rings (SSSR count). The summed E-state index contributed by atoms with van der Waals surface area (Å²) in [5.74, 6) is -3.02. The van der Waals surface area contributed by atoms with Gasteiger partial charge in [0.15, 0.2) is 6.10 Å². The lowest BCUT2D eigenvalue weighted by Gasteiger charge is -2.30. The fourth-order valence-corrected chi connectivity index (χ4v) is 3.56. The topological polar surface area (TPSA) is 92.3 Å². The number of fused-ring (bicyclic) bond motifs is 1. The highest BCUT2D eigenvalue weighted by Crippen LogP contribution is 2.41. The van der Waals surface area contributed by atoms with Gasteiger partial charge in [-0.1, -0.05) is 6.92 Å². The van der Waals surface area contributed by atoms with Crippen molar-refractivity contribution in [3.05, 3.63) is 29.6 Å². The molecule has 0 radical (unpaired) electrons. The zero-order valence-corrected chi connectivity index (χ0v) is 16.5. The molecule has 31 heavy (non-hydrogen) atoms. The number of cyclic esters (lactones) is 1. The number of rotatable bonds is 5. The van der Waals surface area contributed by atoms with Crippen LogP contribution in [0.15, 0.2) is 18.5 Å². The van der Waals surface area contributed by atoms with Crippen LogP contribution in [0.5, 0.6) is 0 Å². The van der Waals surface area contributed by atoms with E-state index in [1.807, 2.05) is 4.90 Å². The maximum absolute atomic E-state index is 14.6. The van der Waals surface area contributed by atoms with E-state index in [0.29, 0.717) is 32.0 Å². The Bertz CT molecular complexity index is 984. The average Bonchev–Trinajstić information content (AvgIpc) is 2.78. The second-order valence-corrected chi connectivity index (χ2v) is 7.16. The summed E-state index contributed by atoms with van der Waals surface area (Å²) in [6, 6.07) is 2.45. The lowest BCUT2D eigenvalue weighted by atomic mass is 10.0. The summed E-state index contributed by atoms with van der Waals surface area (Å²) in [6.45, 7) is 3.76. The van der Waals surface area contributed by atoms with Gasteiger partial charge >= 0.3 is 6.09 Å². The number of aromatic nitrogens is 3. The number of hydrogen-bond acceptors (Lipinski definition) is 7. The number of ether oxygens (including phenoxy) is 1. The molecule has 4 heterocycles. The van der Waals surface area contributed by atoms with Crippen LogP contribution in [0.25, 0.3) is 11.4 Å². The molecule has 2 aromatic rings. The van der Waals surface area contributed by atoms with Gasteiger partial charge in [-0.15, -0.1) is 0 Å². The van der Waals surface area contributed by atoms with E-state index < -0.39 is 31.0 Å². The fraction of sp³-hybridized carbons (Fsp3) is 0.474. The Kier molecular flexibility index (Phi) is 5.65. The van der Waals surface area contributed by atoms with Crippen molar-refractivity contribution in [2.24, 2.45) is 0 Å². The Morgan fingerprint density at radius 1 is 1.26 bits per heavy atom. The quantitative estimate of drug-likeness (QED) is 0.689. The Hall–Kier alpha value is -3.02. The summed E-state index contributed by atoms with van der Waals surface area (Å²) in [4.78, 5) is 25.8. The van der Waals surface area contributed by atoms with Crippen LogP contribution in [0, 0.1) is 0 Å². The number of halogens is 4. The van der Waals surface area contributed by atoms with Gasteiger partial charge in [0, 0.05) is 38.2 Å². The number of piperazine rings is 1. The van der Waals surface area contributed by atoms with Crippen LogP contribution in [-0.2, 0) is 10.7 Å². The Balaban J connectivity index is 1.89. The van der Waals surface area contributed by atoms with Crippen LogP contribution in [0.2, 0.25) is 0 Å². The lowest BCUT2D eigenvalue weighted by Crippen LogP contribution is -2.44. The minimum Gasteiger partial charge on any atom is -0.435 e. The van der Waals surface area contributed by atoms with Crippen molar-refractivity contribution >= 4 is 17.7 Å². The molecule has 1 fully saturated rings. The number of carbonyl (C=O) groups is 1. The van der Waals surface area contributed by atoms with Gasteiger partial charge in [0.1, 0.15) is 23.7 Å². The smallest absolute Gasteiger partial charge is 0.413 e. The van der Waals surface area contributed by atoms with Gasteiger partial charge in [0.25, 0.3) is 12.3 Å². The summed E-state index contributed by atoms with van der Waals surface area (Å²) in [5, 5.41) is 5.42. The zero-order chi connectivity index (χ0) is 22.2. The molecule has 12 heteroatoms. The molecule has 1 saturated heterocycles. The first-order valence-electron chi connectivity index (χ1n) is 9.77. The molecule has 0 spiro atoms. The molecule has 0 bridgehead atoms.